The first-order valence-corrected chi connectivity index (χ1v) is 8.78. The summed E-state index contributed by atoms with van der Waals surface area (Å²) in [6.45, 7) is 5.32. The molecule has 2 N–H and O–H groups in total. The molecule has 2 rings (SSSR count). The van der Waals surface area contributed by atoms with Crippen LogP contribution < -0.4 is 10.6 Å². The summed E-state index contributed by atoms with van der Waals surface area (Å²) < 4.78 is 25.8. The Morgan fingerprint density at radius 1 is 1.29 bits per heavy atom. The third kappa shape index (κ3) is 3.01. The van der Waals surface area contributed by atoms with Crippen LogP contribution >= 0.6 is 0 Å². The molecule has 0 aliphatic carbocycles. The number of anilines is 2. The highest BCUT2D eigenvalue weighted by Gasteiger charge is 2.27. The molecule has 1 aromatic carbocycles. The van der Waals surface area contributed by atoms with Crippen molar-refractivity contribution < 1.29 is 8.42 Å². The Morgan fingerprint density at radius 2 is 1.95 bits per heavy atom. The number of hydrogen-bond donors (Lipinski definition) is 1. The average molecular weight is 311 g/mol. The lowest BCUT2D eigenvalue weighted by Gasteiger charge is -2.40. The van der Waals surface area contributed by atoms with Gasteiger partial charge in [0.2, 0.25) is 10.0 Å². The monoisotopic (exact) mass is 311 g/mol. The van der Waals surface area contributed by atoms with Gasteiger partial charge in [-0.2, -0.15) is 0 Å². The van der Waals surface area contributed by atoms with Crippen LogP contribution in [0.3, 0.4) is 0 Å². The number of nitrogen functional groups attached to an aromatic ring is 1. The second-order valence-corrected chi connectivity index (χ2v) is 8.21. The van der Waals surface area contributed by atoms with E-state index in [0.717, 1.165) is 18.7 Å². The van der Waals surface area contributed by atoms with E-state index >= 15 is 0 Å². The lowest BCUT2D eigenvalue weighted by atomic mass is 9.91. The molecule has 118 valence electrons. The second-order valence-electron chi connectivity index (χ2n) is 6.06. The molecule has 0 amide bonds. The van der Waals surface area contributed by atoms with E-state index in [-0.39, 0.29) is 0 Å². The number of rotatable bonds is 3. The molecule has 0 aromatic heterocycles. The van der Waals surface area contributed by atoms with Gasteiger partial charge in [-0.05, 0) is 43.9 Å². The van der Waals surface area contributed by atoms with Gasteiger partial charge in [0.05, 0.1) is 16.3 Å². The molecule has 2 unspecified atom stereocenters. The largest absolute Gasteiger partial charge is 0.397 e. The summed E-state index contributed by atoms with van der Waals surface area (Å²) in [5.74, 6) is 0.576. The first-order chi connectivity index (χ1) is 9.75. The van der Waals surface area contributed by atoms with Crippen LogP contribution in [0.1, 0.15) is 26.7 Å². The van der Waals surface area contributed by atoms with Crippen molar-refractivity contribution >= 4 is 21.4 Å². The molecule has 1 aliphatic heterocycles. The van der Waals surface area contributed by atoms with Crippen LogP contribution in [0, 0.1) is 5.92 Å². The van der Waals surface area contributed by atoms with Crippen molar-refractivity contribution in [3.05, 3.63) is 18.2 Å². The minimum absolute atomic E-state index is 0.294. The number of nitrogens with two attached hydrogens (primary N) is 1. The fraction of sp³-hybridized carbons (Fsp3) is 0.600. The number of sulfonamides is 1. The zero-order valence-corrected chi connectivity index (χ0v) is 14.0. The van der Waals surface area contributed by atoms with E-state index in [2.05, 4.69) is 18.7 Å². The van der Waals surface area contributed by atoms with E-state index in [1.807, 2.05) is 0 Å². The first kappa shape index (κ1) is 16.1. The van der Waals surface area contributed by atoms with E-state index in [4.69, 9.17) is 5.73 Å². The maximum Gasteiger partial charge on any atom is 0.242 e. The Bertz CT molecular complexity index is 613. The van der Waals surface area contributed by atoms with Gasteiger partial charge in [0.15, 0.2) is 0 Å². The van der Waals surface area contributed by atoms with E-state index in [1.54, 1.807) is 18.2 Å². The van der Waals surface area contributed by atoms with E-state index < -0.39 is 10.0 Å². The minimum Gasteiger partial charge on any atom is -0.397 e. The molecule has 0 radical (unpaired) electrons. The van der Waals surface area contributed by atoms with Crippen LogP contribution in [0.4, 0.5) is 11.4 Å². The summed E-state index contributed by atoms with van der Waals surface area (Å²) in [7, 11) is -0.357. The van der Waals surface area contributed by atoms with Crippen molar-refractivity contribution in [3.8, 4) is 0 Å². The van der Waals surface area contributed by atoms with Gasteiger partial charge in [-0.3, -0.25) is 0 Å². The summed E-state index contributed by atoms with van der Waals surface area (Å²) in [4.78, 5) is 2.53. The lowest BCUT2D eigenvalue weighted by Crippen LogP contribution is -2.42. The summed E-state index contributed by atoms with van der Waals surface area (Å²) in [6, 6.07) is 5.33. The van der Waals surface area contributed by atoms with Gasteiger partial charge in [0, 0.05) is 26.7 Å². The Morgan fingerprint density at radius 3 is 2.57 bits per heavy atom. The SMILES string of the molecule is CC1CCCN(c2cc(S(=O)(=O)N(C)C)ccc2N)C1C. The van der Waals surface area contributed by atoms with E-state index in [9.17, 15) is 8.42 Å². The maximum atomic E-state index is 12.3. The third-order valence-corrected chi connectivity index (χ3v) is 6.27. The van der Waals surface area contributed by atoms with Crippen molar-refractivity contribution in [2.45, 2.75) is 37.6 Å². The van der Waals surface area contributed by atoms with Crippen LogP contribution in [0.25, 0.3) is 0 Å². The number of piperidine rings is 1. The summed E-state index contributed by atoms with van der Waals surface area (Å²) in [5.41, 5.74) is 7.56. The molecule has 0 bridgehead atoms. The van der Waals surface area contributed by atoms with Gasteiger partial charge in [0.25, 0.3) is 0 Å². The van der Waals surface area contributed by atoms with Gasteiger partial charge < -0.3 is 10.6 Å². The highest BCUT2D eigenvalue weighted by molar-refractivity contribution is 7.89. The van der Waals surface area contributed by atoms with Crippen LogP contribution in [0.2, 0.25) is 0 Å². The Labute approximate surface area is 127 Å². The Kier molecular flexibility index (Phi) is 4.49. The average Bonchev–Trinajstić information content (AvgIpc) is 2.42. The molecule has 1 aliphatic rings. The van der Waals surface area contributed by atoms with Crippen molar-refractivity contribution in [2.75, 3.05) is 31.3 Å². The van der Waals surface area contributed by atoms with Crippen LogP contribution in [0.5, 0.6) is 0 Å². The van der Waals surface area contributed by atoms with E-state index in [1.165, 1.54) is 24.8 Å². The lowest BCUT2D eigenvalue weighted by molar-refractivity contribution is 0.363. The van der Waals surface area contributed by atoms with Crippen molar-refractivity contribution in [1.82, 2.24) is 4.31 Å². The van der Waals surface area contributed by atoms with Gasteiger partial charge in [-0.15, -0.1) is 0 Å². The molecule has 0 spiro atoms. The van der Waals surface area contributed by atoms with Crippen molar-refractivity contribution in [2.24, 2.45) is 5.92 Å². The highest BCUT2D eigenvalue weighted by Crippen LogP contribution is 2.34. The van der Waals surface area contributed by atoms with Crippen molar-refractivity contribution in [1.29, 1.82) is 0 Å². The van der Waals surface area contributed by atoms with E-state index in [0.29, 0.717) is 22.5 Å². The normalized spacial score (nSPS) is 23.6. The summed E-state index contributed by atoms with van der Waals surface area (Å²) in [5, 5.41) is 0. The molecule has 6 heteroatoms. The quantitative estimate of drug-likeness (QED) is 0.869. The molecule has 21 heavy (non-hydrogen) atoms. The topological polar surface area (TPSA) is 66.6 Å². The minimum atomic E-state index is -3.43. The zero-order chi connectivity index (χ0) is 15.8. The first-order valence-electron chi connectivity index (χ1n) is 7.34. The second kappa shape index (κ2) is 5.85. The fourth-order valence-electron chi connectivity index (χ4n) is 2.82. The Hall–Kier alpha value is -1.27. The van der Waals surface area contributed by atoms with Gasteiger partial charge in [-0.25, -0.2) is 12.7 Å². The smallest absolute Gasteiger partial charge is 0.242 e. The predicted molar refractivity (Wildman–Crippen MR) is 86.9 cm³/mol. The molecular weight excluding hydrogens is 286 g/mol. The Balaban J connectivity index is 2.45. The molecule has 5 nitrogen and oxygen atoms in total. The molecule has 0 saturated carbocycles. The maximum absolute atomic E-state index is 12.3. The highest BCUT2D eigenvalue weighted by atomic mass is 32.2. The standard InChI is InChI=1S/C15H25N3O2S/c1-11-6-5-9-18(12(11)2)15-10-13(7-8-14(15)16)21(19,20)17(3)4/h7-8,10-12H,5-6,9,16H2,1-4H3. The molecule has 1 saturated heterocycles. The molecular formula is C15H25N3O2S. The number of benzene rings is 1. The van der Waals surface area contributed by atoms with Crippen LogP contribution in [0.15, 0.2) is 23.1 Å². The van der Waals surface area contributed by atoms with Gasteiger partial charge in [0.1, 0.15) is 0 Å². The predicted octanol–water partition coefficient (Wildman–Crippen LogP) is 2.14. The van der Waals surface area contributed by atoms with Crippen LogP contribution in [-0.4, -0.2) is 39.4 Å². The van der Waals surface area contributed by atoms with Gasteiger partial charge in [-0.1, -0.05) is 6.92 Å². The zero-order valence-electron chi connectivity index (χ0n) is 13.2. The summed E-state index contributed by atoms with van der Waals surface area (Å²) >= 11 is 0. The number of hydrogen-bond acceptors (Lipinski definition) is 4. The molecule has 1 aromatic rings. The van der Waals surface area contributed by atoms with Crippen molar-refractivity contribution in [3.63, 3.8) is 0 Å². The molecule has 1 heterocycles. The number of nitrogens with zero attached hydrogens (tertiary/aromatic N) is 2. The fourth-order valence-corrected chi connectivity index (χ4v) is 3.74. The molecule has 2 atom stereocenters. The molecule has 1 fully saturated rings. The summed E-state index contributed by atoms with van der Waals surface area (Å²) in [6.07, 6.45) is 2.31. The van der Waals surface area contributed by atoms with Gasteiger partial charge >= 0.3 is 0 Å². The van der Waals surface area contributed by atoms with Crippen LogP contribution in [-0.2, 0) is 10.0 Å². The third-order valence-electron chi connectivity index (χ3n) is 4.46.